The molecule has 0 atom stereocenters. The molecule has 0 bridgehead atoms. The first kappa shape index (κ1) is 11.9. The number of rotatable bonds is 2. The molecule has 0 aliphatic rings. The van der Waals surface area contributed by atoms with Crippen LogP contribution in [0.5, 0.6) is 0 Å². The van der Waals surface area contributed by atoms with E-state index in [1.54, 1.807) is 6.07 Å². The maximum Gasteiger partial charge on any atom is 0.248 e. The molecule has 0 unspecified atom stereocenters. The molecular weight excluding hydrogens is 262 g/mol. The highest BCUT2D eigenvalue weighted by Gasteiger charge is 2.11. The SMILES string of the molecule is Cc1cc(-c2nnc(-c3ccccc3)o2)cc(Cl)n1. The van der Waals surface area contributed by atoms with E-state index in [0.29, 0.717) is 16.9 Å². The quantitative estimate of drug-likeness (QED) is 0.666. The van der Waals surface area contributed by atoms with Crippen molar-refractivity contribution in [1.82, 2.24) is 15.2 Å². The van der Waals surface area contributed by atoms with Crippen molar-refractivity contribution >= 4 is 11.6 Å². The van der Waals surface area contributed by atoms with E-state index in [4.69, 9.17) is 16.0 Å². The van der Waals surface area contributed by atoms with E-state index in [9.17, 15) is 0 Å². The van der Waals surface area contributed by atoms with Crippen LogP contribution in [0, 0.1) is 6.92 Å². The Balaban J connectivity index is 2.02. The van der Waals surface area contributed by atoms with Gasteiger partial charge in [-0.2, -0.15) is 0 Å². The van der Waals surface area contributed by atoms with Crippen molar-refractivity contribution in [2.75, 3.05) is 0 Å². The van der Waals surface area contributed by atoms with Crippen molar-refractivity contribution in [3.63, 3.8) is 0 Å². The van der Waals surface area contributed by atoms with Gasteiger partial charge in [0.25, 0.3) is 0 Å². The van der Waals surface area contributed by atoms with Crippen LogP contribution in [0.25, 0.3) is 22.9 Å². The zero-order valence-corrected chi connectivity index (χ0v) is 10.9. The molecular formula is C14H10ClN3O. The van der Waals surface area contributed by atoms with Gasteiger partial charge in [-0.05, 0) is 31.2 Å². The van der Waals surface area contributed by atoms with Gasteiger partial charge in [0.1, 0.15) is 5.15 Å². The summed E-state index contributed by atoms with van der Waals surface area (Å²) in [5, 5.41) is 8.50. The summed E-state index contributed by atoms with van der Waals surface area (Å²) >= 11 is 5.92. The Bertz CT molecular complexity index is 689. The first-order valence-corrected chi connectivity index (χ1v) is 6.14. The summed E-state index contributed by atoms with van der Waals surface area (Å²) in [7, 11) is 0. The van der Waals surface area contributed by atoms with Crippen molar-refractivity contribution in [2.24, 2.45) is 0 Å². The van der Waals surface area contributed by atoms with Gasteiger partial charge in [0.15, 0.2) is 0 Å². The lowest BCUT2D eigenvalue weighted by molar-refractivity contribution is 0.584. The second-order valence-corrected chi connectivity index (χ2v) is 4.49. The van der Waals surface area contributed by atoms with Gasteiger partial charge in [0, 0.05) is 16.8 Å². The van der Waals surface area contributed by atoms with Gasteiger partial charge in [-0.1, -0.05) is 29.8 Å². The molecule has 4 nitrogen and oxygen atoms in total. The summed E-state index contributed by atoms with van der Waals surface area (Å²) in [6.07, 6.45) is 0. The molecule has 0 saturated carbocycles. The Morgan fingerprint density at radius 3 is 2.32 bits per heavy atom. The Hall–Kier alpha value is -2.20. The molecule has 0 aliphatic carbocycles. The van der Waals surface area contributed by atoms with Crippen LogP contribution < -0.4 is 0 Å². The highest BCUT2D eigenvalue weighted by molar-refractivity contribution is 6.29. The van der Waals surface area contributed by atoms with Crippen LogP contribution in [0.3, 0.4) is 0 Å². The fourth-order valence-electron chi connectivity index (χ4n) is 1.79. The van der Waals surface area contributed by atoms with Crippen LogP contribution in [0.15, 0.2) is 46.9 Å². The molecule has 3 rings (SSSR count). The van der Waals surface area contributed by atoms with Crippen molar-refractivity contribution in [3.05, 3.63) is 53.3 Å². The third kappa shape index (κ3) is 2.48. The maximum absolute atomic E-state index is 5.92. The summed E-state index contributed by atoms with van der Waals surface area (Å²) in [6, 6.07) is 13.2. The smallest absolute Gasteiger partial charge is 0.248 e. The molecule has 0 amide bonds. The molecule has 0 spiro atoms. The second-order valence-electron chi connectivity index (χ2n) is 4.10. The van der Waals surface area contributed by atoms with Crippen molar-refractivity contribution in [2.45, 2.75) is 6.92 Å². The Morgan fingerprint density at radius 1 is 0.947 bits per heavy atom. The molecule has 0 radical (unpaired) electrons. The molecule has 5 heteroatoms. The first-order chi connectivity index (χ1) is 9.22. The number of halogens is 1. The molecule has 0 saturated heterocycles. The van der Waals surface area contributed by atoms with E-state index in [1.807, 2.05) is 43.3 Å². The van der Waals surface area contributed by atoms with E-state index in [1.165, 1.54) is 0 Å². The lowest BCUT2D eigenvalue weighted by Crippen LogP contribution is -1.85. The minimum Gasteiger partial charge on any atom is -0.416 e. The Morgan fingerprint density at radius 2 is 1.63 bits per heavy atom. The molecule has 0 aliphatic heterocycles. The predicted molar refractivity (Wildman–Crippen MR) is 72.7 cm³/mol. The fraction of sp³-hybridized carbons (Fsp3) is 0.0714. The monoisotopic (exact) mass is 271 g/mol. The van der Waals surface area contributed by atoms with Crippen molar-refractivity contribution in [1.29, 1.82) is 0 Å². The predicted octanol–water partition coefficient (Wildman–Crippen LogP) is 3.76. The number of aryl methyl sites for hydroxylation is 1. The molecule has 0 N–H and O–H groups in total. The number of hydrogen-bond donors (Lipinski definition) is 0. The van der Waals surface area contributed by atoms with Gasteiger partial charge < -0.3 is 4.42 Å². The van der Waals surface area contributed by atoms with Crippen LogP contribution in [0.2, 0.25) is 5.15 Å². The Kier molecular flexibility index (Phi) is 3.01. The largest absolute Gasteiger partial charge is 0.416 e. The zero-order chi connectivity index (χ0) is 13.2. The molecule has 2 heterocycles. The molecule has 19 heavy (non-hydrogen) atoms. The Labute approximate surface area is 115 Å². The van der Waals surface area contributed by atoms with Crippen LogP contribution in [0.4, 0.5) is 0 Å². The zero-order valence-electron chi connectivity index (χ0n) is 10.2. The second kappa shape index (κ2) is 4.82. The fourth-order valence-corrected chi connectivity index (χ4v) is 2.04. The minimum absolute atomic E-state index is 0.412. The average Bonchev–Trinajstić information content (AvgIpc) is 2.88. The molecule has 1 aromatic carbocycles. The number of pyridine rings is 1. The highest BCUT2D eigenvalue weighted by Crippen LogP contribution is 2.25. The third-order valence-corrected chi connectivity index (χ3v) is 2.81. The van der Waals surface area contributed by atoms with Gasteiger partial charge >= 0.3 is 0 Å². The van der Waals surface area contributed by atoms with E-state index >= 15 is 0 Å². The van der Waals surface area contributed by atoms with Crippen molar-refractivity contribution < 1.29 is 4.42 Å². The van der Waals surface area contributed by atoms with E-state index in [0.717, 1.165) is 16.8 Å². The number of aromatic nitrogens is 3. The lowest BCUT2D eigenvalue weighted by atomic mass is 10.2. The molecule has 94 valence electrons. The summed E-state index contributed by atoms with van der Waals surface area (Å²) in [4.78, 5) is 4.10. The van der Waals surface area contributed by atoms with Gasteiger partial charge in [0.2, 0.25) is 11.8 Å². The van der Waals surface area contributed by atoms with Crippen LogP contribution in [0.1, 0.15) is 5.69 Å². The molecule has 2 aromatic heterocycles. The average molecular weight is 272 g/mol. The summed E-state index contributed by atoms with van der Waals surface area (Å²) in [6.45, 7) is 1.86. The van der Waals surface area contributed by atoms with Crippen LogP contribution >= 0.6 is 11.6 Å². The number of benzene rings is 1. The topological polar surface area (TPSA) is 51.8 Å². The van der Waals surface area contributed by atoms with E-state index < -0.39 is 0 Å². The molecule has 3 aromatic rings. The standard InChI is InChI=1S/C14H10ClN3O/c1-9-7-11(8-12(15)16-9)14-18-17-13(19-14)10-5-3-2-4-6-10/h2-8H,1H3. The van der Waals surface area contributed by atoms with Gasteiger partial charge in [-0.3, -0.25) is 0 Å². The minimum atomic E-state index is 0.412. The highest BCUT2D eigenvalue weighted by atomic mass is 35.5. The summed E-state index contributed by atoms with van der Waals surface area (Å²) < 4.78 is 5.66. The lowest BCUT2D eigenvalue weighted by Gasteiger charge is -1.98. The third-order valence-electron chi connectivity index (χ3n) is 2.61. The normalized spacial score (nSPS) is 10.6. The van der Waals surface area contributed by atoms with E-state index in [-0.39, 0.29) is 0 Å². The molecule has 0 fully saturated rings. The number of nitrogens with zero attached hydrogens (tertiary/aromatic N) is 3. The summed E-state index contributed by atoms with van der Waals surface area (Å²) in [5.41, 5.74) is 2.47. The first-order valence-electron chi connectivity index (χ1n) is 5.76. The van der Waals surface area contributed by atoms with Crippen molar-refractivity contribution in [3.8, 4) is 22.9 Å². The van der Waals surface area contributed by atoms with Gasteiger partial charge in [-0.15, -0.1) is 10.2 Å². The maximum atomic E-state index is 5.92. The summed E-state index contributed by atoms with van der Waals surface area (Å²) in [5.74, 6) is 0.924. The van der Waals surface area contributed by atoms with Gasteiger partial charge in [-0.25, -0.2) is 4.98 Å². The van der Waals surface area contributed by atoms with Crippen LogP contribution in [-0.4, -0.2) is 15.2 Å². The van der Waals surface area contributed by atoms with Gasteiger partial charge in [0.05, 0.1) is 0 Å². The number of hydrogen-bond acceptors (Lipinski definition) is 4. The van der Waals surface area contributed by atoms with Crippen LogP contribution in [-0.2, 0) is 0 Å². The van der Waals surface area contributed by atoms with E-state index in [2.05, 4.69) is 15.2 Å².